The summed E-state index contributed by atoms with van der Waals surface area (Å²) in [6, 6.07) is 33.0. The number of hydroxylamine groups is 2. The highest BCUT2D eigenvalue weighted by molar-refractivity contribution is 5.91. The summed E-state index contributed by atoms with van der Waals surface area (Å²) >= 11 is 0. The Bertz CT molecular complexity index is 1670. The molecule has 0 radical (unpaired) electrons. The molecule has 0 aliphatic carbocycles. The predicted molar refractivity (Wildman–Crippen MR) is 176 cm³/mol. The molecule has 5 atom stereocenters. The van der Waals surface area contributed by atoms with E-state index in [1.54, 1.807) is 128 Å². The van der Waals surface area contributed by atoms with Gasteiger partial charge in [0.1, 0.15) is 12.7 Å². The zero-order valence-electron chi connectivity index (χ0n) is 27.1. The van der Waals surface area contributed by atoms with Gasteiger partial charge in [0, 0.05) is 7.05 Å². The monoisotopic (exact) mass is 667 g/mol. The molecule has 0 saturated carbocycles. The molecule has 254 valence electrons. The lowest BCUT2D eigenvalue weighted by molar-refractivity contribution is -0.324. The van der Waals surface area contributed by atoms with Gasteiger partial charge in [0.2, 0.25) is 0 Å². The summed E-state index contributed by atoms with van der Waals surface area (Å²) < 4.78 is 30.2. The van der Waals surface area contributed by atoms with E-state index in [1.165, 1.54) is 5.06 Å². The molecule has 1 fully saturated rings. The van der Waals surface area contributed by atoms with Crippen molar-refractivity contribution >= 4 is 23.9 Å². The molecule has 1 heterocycles. The average Bonchev–Trinajstić information content (AvgIpc) is 3.15. The number of carbonyl (C=O) groups excluding carboxylic acids is 4. The van der Waals surface area contributed by atoms with Crippen LogP contribution in [0, 0.1) is 0 Å². The molecular formula is C38H37NO10. The lowest BCUT2D eigenvalue weighted by Crippen LogP contribution is -2.65. The number of hydrogen-bond donors (Lipinski definition) is 0. The van der Waals surface area contributed by atoms with Crippen LogP contribution in [0.5, 0.6) is 0 Å². The predicted octanol–water partition coefficient (Wildman–Crippen LogP) is 5.52. The quantitative estimate of drug-likeness (QED) is 0.102. The molecule has 0 N–H and O–H groups in total. The van der Waals surface area contributed by atoms with Crippen LogP contribution < -0.4 is 0 Å². The van der Waals surface area contributed by atoms with E-state index >= 15 is 0 Å². The number of hydrogen-bond acceptors (Lipinski definition) is 11. The highest BCUT2D eigenvalue weighted by Gasteiger charge is 2.54. The summed E-state index contributed by atoms with van der Waals surface area (Å²) in [6.07, 6.45) is -6.05. The number of ether oxygens (including phenoxy) is 5. The van der Waals surface area contributed by atoms with Gasteiger partial charge in [0.15, 0.2) is 24.5 Å². The Morgan fingerprint density at radius 1 is 0.571 bits per heavy atom. The zero-order chi connectivity index (χ0) is 34.6. The summed E-state index contributed by atoms with van der Waals surface area (Å²) in [5, 5.41) is 1.34. The van der Waals surface area contributed by atoms with Crippen molar-refractivity contribution in [1.29, 1.82) is 0 Å². The van der Waals surface area contributed by atoms with Crippen LogP contribution in [-0.2, 0) is 28.5 Å². The average molecular weight is 668 g/mol. The Hall–Kier alpha value is -5.36. The van der Waals surface area contributed by atoms with Crippen molar-refractivity contribution < 1.29 is 47.7 Å². The molecule has 1 aliphatic rings. The van der Waals surface area contributed by atoms with Gasteiger partial charge in [-0.2, -0.15) is 5.06 Å². The third-order valence-corrected chi connectivity index (χ3v) is 7.61. The molecule has 0 amide bonds. The lowest BCUT2D eigenvalue weighted by Gasteiger charge is -2.46. The fourth-order valence-corrected chi connectivity index (χ4v) is 5.15. The van der Waals surface area contributed by atoms with Gasteiger partial charge in [-0.05, 0) is 55.0 Å². The van der Waals surface area contributed by atoms with Crippen molar-refractivity contribution in [2.45, 2.75) is 44.0 Å². The lowest BCUT2D eigenvalue weighted by atomic mass is 9.96. The van der Waals surface area contributed by atoms with Crippen molar-refractivity contribution in [2.24, 2.45) is 0 Å². The Balaban J connectivity index is 1.56. The first-order valence-corrected chi connectivity index (χ1v) is 15.9. The Morgan fingerprint density at radius 3 is 1.39 bits per heavy atom. The summed E-state index contributed by atoms with van der Waals surface area (Å²) in [6.45, 7) is 1.78. The van der Waals surface area contributed by atoms with Crippen LogP contribution in [0.4, 0.5) is 0 Å². The third kappa shape index (κ3) is 9.17. The largest absolute Gasteiger partial charge is 0.459 e. The van der Waals surface area contributed by atoms with E-state index in [0.717, 1.165) is 0 Å². The minimum absolute atomic E-state index is 0.203. The smallest absolute Gasteiger partial charge is 0.338 e. The standard InChI is InChI=1S/C38H37NO10/c1-3-24-45-39(2)34-33(49-38(43)29-22-14-7-15-23-29)32(48-37(42)28-20-12-6-13-21-28)31(47-36(41)27-18-10-5-11-19-27)30(46-34)25-44-35(40)26-16-8-4-9-17-26/h4-23,30-34H,3,24-25H2,1-2H3/t30-,31-,32+,33-,34-/m1/s1. The summed E-state index contributed by atoms with van der Waals surface area (Å²) in [5.41, 5.74) is 0.926. The topological polar surface area (TPSA) is 127 Å². The van der Waals surface area contributed by atoms with Gasteiger partial charge in [-0.3, -0.25) is 4.84 Å². The highest BCUT2D eigenvalue weighted by atomic mass is 16.7. The first-order valence-electron chi connectivity index (χ1n) is 15.9. The first-order chi connectivity index (χ1) is 23.9. The molecule has 0 unspecified atom stereocenters. The van der Waals surface area contributed by atoms with Crippen LogP contribution in [0.1, 0.15) is 54.8 Å². The maximum atomic E-state index is 13.6. The molecule has 4 aromatic carbocycles. The summed E-state index contributed by atoms with van der Waals surface area (Å²) in [7, 11) is 1.57. The number of likely N-dealkylation sites (N-methyl/N-ethyl adjacent to an activating group) is 1. The van der Waals surface area contributed by atoms with Gasteiger partial charge in [-0.25, -0.2) is 19.2 Å². The van der Waals surface area contributed by atoms with Crippen molar-refractivity contribution in [2.75, 3.05) is 20.3 Å². The van der Waals surface area contributed by atoms with Crippen molar-refractivity contribution in [3.8, 4) is 0 Å². The van der Waals surface area contributed by atoms with Gasteiger partial charge in [0.25, 0.3) is 0 Å². The third-order valence-electron chi connectivity index (χ3n) is 7.61. The van der Waals surface area contributed by atoms with Crippen molar-refractivity contribution in [3.63, 3.8) is 0 Å². The van der Waals surface area contributed by atoms with Crippen LogP contribution in [0.3, 0.4) is 0 Å². The maximum Gasteiger partial charge on any atom is 0.338 e. The molecule has 4 aromatic rings. The molecular weight excluding hydrogens is 630 g/mol. The van der Waals surface area contributed by atoms with E-state index < -0.39 is 61.1 Å². The second-order valence-corrected chi connectivity index (χ2v) is 11.1. The van der Waals surface area contributed by atoms with Crippen LogP contribution in [-0.4, -0.2) is 79.8 Å². The van der Waals surface area contributed by atoms with Crippen LogP contribution in [0.15, 0.2) is 121 Å². The minimum atomic E-state index is -1.46. The highest BCUT2D eigenvalue weighted by Crippen LogP contribution is 2.32. The number of carbonyl (C=O) groups is 4. The molecule has 1 aliphatic heterocycles. The molecule has 1 saturated heterocycles. The number of nitrogens with zero attached hydrogens (tertiary/aromatic N) is 1. The minimum Gasteiger partial charge on any atom is -0.459 e. The Labute approximate surface area is 284 Å². The second-order valence-electron chi connectivity index (χ2n) is 11.1. The van der Waals surface area contributed by atoms with Gasteiger partial charge in [-0.15, -0.1) is 0 Å². The van der Waals surface area contributed by atoms with E-state index in [9.17, 15) is 19.2 Å². The van der Waals surface area contributed by atoms with Crippen LogP contribution in [0.2, 0.25) is 0 Å². The number of benzene rings is 4. The molecule has 0 bridgehead atoms. The van der Waals surface area contributed by atoms with E-state index in [1.807, 2.05) is 6.92 Å². The number of esters is 4. The van der Waals surface area contributed by atoms with Gasteiger partial charge >= 0.3 is 23.9 Å². The van der Waals surface area contributed by atoms with Crippen LogP contribution in [0.25, 0.3) is 0 Å². The molecule has 49 heavy (non-hydrogen) atoms. The van der Waals surface area contributed by atoms with E-state index in [2.05, 4.69) is 0 Å². The van der Waals surface area contributed by atoms with Crippen LogP contribution >= 0.6 is 0 Å². The van der Waals surface area contributed by atoms with Gasteiger partial charge in [-0.1, -0.05) is 79.7 Å². The molecule has 0 aromatic heterocycles. The molecule has 5 rings (SSSR count). The van der Waals surface area contributed by atoms with E-state index in [-0.39, 0.29) is 28.9 Å². The first kappa shape index (κ1) is 35.0. The maximum absolute atomic E-state index is 13.6. The van der Waals surface area contributed by atoms with E-state index in [4.69, 9.17) is 28.5 Å². The summed E-state index contributed by atoms with van der Waals surface area (Å²) in [5.74, 6) is -2.94. The van der Waals surface area contributed by atoms with E-state index in [0.29, 0.717) is 6.42 Å². The fourth-order valence-electron chi connectivity index (χ4n) is 5.15. The molecule has 0 spiro atoms. The summed E-state index contributed by atoms with van der Waals surface area (Å²) in [4.78, 5) is 59.7. The van der Waals surface area contributed by atoms with Gasteiger partial charge < -0.3 is 23.7 Å². The normalized spacial score (nSPS) is 20.2. The van der Waals surface area contributed by atoms with Crippen molar-refractivity contribution in [1.82, 2.24) is 5.06 Å². The van der Waals surface area contributed by atoms with Crippen molar-refractivity contribution in [3.05, 3.63) is 144 Å². The van der Waals surface area contributed by atoms with Gasteiger partial charge in [0.05, 0.1) is 28.9 Å². The molecule has 11 nitrogen and oxygen atoms in total. The number of rotatable bonds is 13. The Morgan fingerprint density at radius 2 is 0.959 bits per heavy atom. The SMILES string of the molecule is CCCON(C)[C@@H]1O[C@H](COC(=O)c2ccccc2)[C@@H](OC(=O)c2ccccc2)[C@H](OC(=O)c2ccccc2)[C@H]1OC(=O)c1ccccc1. The fraction of sp³-hybridized carbons (Fsp3) is 0.263. The molecule has 11 heteroatoms. The Kier molecular flexibility index (Phi) is 12.2. The second kappa shape index (κ2) is 17.2. The zero-order valence-corrected chi connectivity index (χ0v) is 27.1.